The third-order valence-corrected chi connectivity index (χ3v) is 5.18. The van der Waals surface area contributed by atoms with E-state index in [9.17, 15) is 4.79 Å². The Bertz CT molecular complexity index is 792. The molecule has 5 nitrogen and oxygen atoms in total. The van der Waals surface area contributed by atoms with Gasteiger partial charge >= 0.3 is 0 Å². The van der Waals surface area contributed by atoms with E-state index in [1.54, 1.807) is 31.4 Å². The molecule has 0 radical (unpaired) electrons. The predicted molar refractivity (Wildman–Crippen MR) is 111 cm³/mol. The van der Waals surface area contributed by atoms with Crippen LogP contribution in [0.1, 0.15) is 56.1 Å². The summed E-state index contributed by atoms with van der Waals surface area (Å²) in [6, 6.07) is 15.6. The van der Waals surface area contributed by atoms with Gasteiger partial charge in [0, 0.05) is 0 Å². The summed E-state index contributed by atoms with van der Waals surface area (Å²) in [4.78, 5) is 12.0. The van der Waals surface area contributed by atoms with Crippen molar-refractivity contribution in [1.29, 1.82) is 0 Å². The summed E-state index contributed by atoms with van der Waals surface area (Å²) < 4.78 is 10.5. The average molecular weight is 380 g/mol. The number of nitrogens with zero attached hydrogens (tertiary/aromatic N) is 1. The Morgan fingerprint density at radius 1 is 1.00 bits per heavy atom. The summed E-state index contributed by atoms with van der Waals surface area (Å²) >= 11 is 0. The molecular formula is C23H28N2O3. The molecule has 0 aromatic heterocycles. The first kappa shape index (κ1) is 19.9. The van der Waals surface area contributed by atoms with Crippen LogP contribution in [0.4, 0.5) is 0 Å². The maximum absolute atomic E-state index is 12.0. The average Bonchev–Trinajstić information content (AvgIpc) is 2.77. The molecule has 0 heterocycles. The minimum absolute atomic E-state index is 0.0935. The number of nitrogens with one attached hydrogen (secondary N) is 1. The van der Waals surface area contributed by atoms with Gasteiger partial charge in [-0.15, -0.1) is 0 Å². The van der Waals surface area contributed by atoms with Crippen molar-refractivity contribution < 1.29 is 14.3 Å². The van der Waals surface area contributed by atoms with E-state index >= 15 is 0 Å². The summed E-state index contributed by atoms with van der Waals surface area (Å²) in [7, 11) is 1.60. The number of rotatable bonds is 7. The molecule has 1 saturated carbocycles. The number of benzene rings is 2. The van der Waals surface area contributed by atoms with Crippen LogP contribution in [0.3, 0.4) is 0 Å². The summed E-state index contributed by atoms with van der Waals surface area (Å²) in [5.41, 5.74) is 5.74. The molecule has 0 aliphatic heterocycles. The zero-order valence-corrected chi connectivity index (χ0v) is 16.6. The van der Waals surface area contributed by atoms with E-state index in [2.05, 4.69) is 34.8 Å². The zero-order valence-electron chi connectivity index (χ0n) is 16.6. The monoisotopic (exact) mass is 380 g/mol. The number of hydrogen-bond donors (Lipinski definition) is 1. The summed E-state index contributed by atoms with van der Waals surface area (Å²) in [6.45, 7) is 1.80. The normalized spacial score (nSPS) is 15.1. The lowest BCUT2D eigenvalue weighted by Gasteiger charge is -2.22. The molecule has 0 spiro atoms. The first-order valence-corrected chi connectivity index (χ1v) is 9.86. The molecular weight excluding hydrogens is 352 g/mol. The van der Waals surface area contributed by atoms with Gasteiger partial charge in [0.2, 0.25) is 0 Å². The number of hydrogen-bond acceptors (Lipinski definition) is 4. The van der Waals surface area contributed by atoms with Gasteiger partial charge in [-0.25, -0.2) is 5.43 Å². The minimum Gasteiger partial charge on any atom is -0.497 e. The summed E-state index contributed by atoms with van der Waals surface area (Å²) in [6.07, 6.45) is 6.60. The molecule has 1 aliphatic rings. The molecule has 2 aromatic rings. The number of carbonyl (C=O) groups excluding carboxylic acids is 1. The number of carbonyl (C=O) groups is 1. The van der Waals surface area contributed by atoms with Crippen LogP contribution in [-0.2, 0) is 4.79 Å². The third-order valence-electron chi connectivity index (χ3n) is 5.18. The van der Waals surface area contributed by atoms with Crippen LogP contribution in [0.25, 0.3) is 0 Å². The molecule has 0 unspecified atom stereocenters. The van der Waals surface area contributed by atoms with Crippen molar-refractivity contribution in [1.82, 2.24) is 5.43 Å². The first-order chi connectivity index (χ1) is 13.7. The van der Waals surface area contributed by atoms with Crippen molar-refractivity contribution in [3.63, 3.8) is 0 Å². The maximum atomic E-state index is 12.0. The molecule has 28 heavy (non-hydrogen) atoms. The lowest BCUT2D eigenvalue weighted by Crippen LogP contribution is -2.25. The highest BCUT2D eigenvalue weighted by atomic mass is 16.5. The second kappa shape index (κ2) is 9.93. The van der Waals surface area contributed by atoms with Gasteiger partial charge in [-0.3, -0.25) is 4.79 Å². The van der Waals surface area contributed by atoms with Crippen molar-refractivity contribution in [3.8, 4) is 11.5 Å². The van der Waals surface area contributed by atoms with Crippen molar-refractivity contribution in [3.05, 3.63) is 59.7 Å². The molecule has 1 N–H and O–H groups in total. The molecule has 0 saturated heterocycles. The van der Waals surface area contributed by atoms with E-state index in [1.165, 1.54) is 37.7 Å². The van der Waals surface area contributed by atoms with E-state index in [0.717, 1.165) is 17.0 Å². The third kappa shape index (κ3) is 5.59. The predicted octanol–water partition coefficient (Wildman–Crippen LogP) is 4.66. The first-order valence-electron chi connectivity index (χ1n) is 9.86. The Balaban J connectivity index is 1.49. The lowest BCUT2D eigenvalue weighted by molar-refractivity contribution is -0.123. The van der Waals surface area contributed by atoms with E-state index in [4.69, 9.17) is 9.47 Å². The quantitative estimate of drug-likeness (QED) is 0.561. The highest BCUT2D eigenvalue weighted by Gasteiger charge is 2.15. The molecule has 1 fully saturated rings. The fourth-order valence-corrected chi connectivity index (χ4v) is 3.50. The van der Waals surface area contributed by atoms with E-state index in [0.29, 0.717) is 11.7 Å². The van der Waals surface area contributed by atoms with Crippen molar-refractivity contribution in [2.75, 3.05) is 13.7 Å². The molecule has 1 aliphatic carbocycles. The van der Waals surface area contributed by atoms with Crippen molar-refractivity contribution in [2.24, 2.45) is 5.10 Å². The van der Waals surface area contributed by atoms with Crippen LogP contribution in [0, 0.1) is 0 Å². The van der Waals surface area contributed by atoms with Gasteiger partial charge in [0.25, 0.3) is 5.91 Å². The molecule has 2 aromatic carbocycles. The minimum atomic E-state index is -0.297. The fourth-order valence-electron chi connectivity index (χ4n) is 3.50. The van der Waals surface area contributed by atoms with Crippen LogP contribution in [0.2, 0.25) is 0 Å². The Morgan fingerprint density at radius 2 is 1.64 bits per heavy atom. The molecule has 0 atom stereocenters. The van der Waals surface area contributed by atoms with Crippen LogP contribution in [0.5, 0.6) is 11.5 Å². The Kier molecular flexibility index (Phi) is 7.06. The van der Waals surface area contributed by atoms with Gasteiger partial charge in [-0.2, -0.15) is 5.10 Å². The summed E-state index contributed by atoms with van der Waals surface area (Å²) in [5, 5.41) is 4.19. The molecule has 148 valence electrons. The Labute approximate surface area is 166 Å². The van der Waals surface area contributed by atoms with E-state index < -0.39 is 0 Å². The van der Waals surface area contributed by atoms with Crippen molar-refractivity contribution >= 4 is 11.6 Å². The van der Waals surface area contributed by atoms with Crippen LogP contribution < -0.4 is 14.9 Å². The van der Waals surface area contributed by atoms with Gasteiger partial charge in [0.05, 0.1) is 12.8 Å². The SMILES string of the molecule is COc1ccc(OCC(=O)N/N=C(/C)c2ccc(C3CCCCC3)cc2)cc1. The zero-order chi connectivity index (χ0) is 19.8. The summed E-state index contributed by atoms with van der Waals surface area (Å²) in [5.74, 6) is 1.74. The maximum Gasteiger partial charge on any atom is 0.277 e. The Morgan fingerprint density at radius 3 is 2.29 bits per heavy atom. The fraction of sp³-hybridized carbons (Fsp3) is 0.391. The van der Waals surface area contributed by atoms with Crippen LogP contribution >= 0.6 is 0 Å². The molecule has 5 heteroatoms. The number of hydrazone groups is 1. The Hall–Kier alpha value is -2.82. The molecule has 1 amide bonds. The van der Waals surface area contributed by atoms with E-state index in [-0.39, 0.29) is 12.5 Å². The topological polar surface area (TPSA) is 59.9 Å². The van der Waals surface area contributed by atoms with Crippen LogP contribution in [-0.4, -0.2) is 25.3 Å². The second-order valence-corrected chi connectivity index (χ2v) is 7.15. The molecule has 3 rings (SSSR count). The van der Waals surface area contributed by atoms with Gasteiger partial charge < -0.3 is 9.47 Å². The highest BCUT2D eigenvalue weighted by molar-refractivity contribution is 5.99. The smallest absolute Gasteiger partial charge is 0.277 e. The van der Waals surface area contributed by atoms with Gasteiger partial charge in [0.1, 0.15) is 11.5 Å². The van der Waals surface area contributed by atoms with Gasteiger partial charge in [-0.05, 0) is 61.1 Å². The highest BCUT2D eigenvalue weighted by Crippen LogP contribution is 2.32. The lowest BCUT2D eigenvalue weighted by atomic mass is 9.84. The standard InChI is InChI=1S/C23H28N2O3/c1-17(18-8-10-20(11-9-18)19-6-4-3-5-7-19)24-25-23(26)16-28-22-14-12-21(27-2)13-15-22/h8-15,19H,3-7,16H2,1-2H3,(H,25,26)/b24-17-. The van der Waals surface area contributed by atoms with Crippen molar-refractivity contribution in [2.45, 2.75) is 44.9 Å². The van der Waals surface area contributed by atoms with E-state index in [1.807, 2.05) is 6.92 Å². The number of amides is 1. The van der Waals surface area contributed by atoms with Gasteiger partial charge in [-0.1, -0.05) is 43.5 Å². The second-order valence-electron chi connectivity index (χ2n) is 7.15. The molecule has 0 bridgehead atoms. The number of methoxy groups -OCH3 is 1. The number of ether oxygens (including phenoxy) is 2. The largest absolute Gasteiger partial charge is 0.497 e. The van der Waals surface area contributed by atoms with Crippen LogP contribution in [0.15, 0.2) is 53.6 Å². The van der Waals surface area contributed by atoms with Gasteiger partial charge in [0.15, 0.2) is 6.61 Å².